The van der Waals surface area contributed by atoms with E-state index in [4.69, 9.17) is 4.74 Å². The molecule has 0 aromatic heterocycles. The van der Waals surface area contributed by atoms with Crippen LogP contribution in [0.3, 0.4) is 0 Å². The van der Waals surface area contributed by atoms with E-state index in [0.29, 0.717) is 6.61 Å². The van der Waals surface area contributed by atoms with Crippen LogP contribution in [0.25, 0.3) is 0 Å². The van der Waals surface area contributed by atoms with E-state index >= 15 is 0 Å². The molecule has 66 valence electrons. The van der Waals surface area contributed by atoms with Gasteiger partial charge in [0.2, 0.25) is 0 Å². The van der Waals surface area contributed by atoms with Gasteiger partial charge < -0.3 is 14.8 Å². The second-order valence-electron chi connectivity index (χ2n) is 1.98. The smallest absolute Gasteiger partial charge is 0.331 e. The van der Waals surface area contributed by atoms with E-state index in [2.05, 4.69) is 10.1 Å². The van der Waals surface area contributed by atoms with Crippen LogP contribution in [0, 0.1) is 0 Å². The molecule has 0 amide bonds. The molecule has 0 spiro atoms. The van der Waals surface area contributed by atoms with E-state index in [0.717, 1.165) is 13.1 Å². The molecule has 0 aromatic rings. The number of hydrogen-bond donors (Lipinski definition) is 1. The molecule has 4 nitrogen and oxygen atoms in total. The van der Waals surface area contributed by atoms with Crippen LogP contribution in [-0.4, -0.2) is 39.4 Å². The average Bonchev–Trinajstić information content (AvgIpc) is 2.04. The molecule has 0 aliphatic heterocycles. The molecular formula is C7H15NO3. The van der Waals surface area contributed by atoms with Gasteiger partial charge in [-0.05, 0) is 6.54 Å². The van der Waals surface area contributed by atoms with Gasteiger partial charge in [0, 0.05) is 6.54 Å². The Morgan fingerprint density at radius 2 is 2.27 bits per heavy atom. The summed E-state index contributed by atoms with van der Waals surface area (Å²) in [6.07, 6.45) is 0. The summed E-state index contributed by atoms with van der Waals surface area (Å²) in [5.74, 6) is -0.332. The predicted molar refractivity (Wildman–Crippen MR) is 41.4 cm³/mol. The molecule has 0 aliphatic rings. The molecule has 0 radical (unpaired) electrons. The van der Waals surface area contributed by atoms with Gasteiger partial charge in [0.05, 0.1) is 13.7 Å². The lowest BCUT2D eigenvalue weighted by Crippen LogP contribution is -2.21. The molecule has 1 N–H and O–H groups in total. The first-order chi connectivity index (χ1) is 5.31. The number of carbonyl (C=O) groups excluding carboxylic acids is 1. The molecular weight excluding hydrogens is 146 g/mol. The molecule has 0 saturated carbocycles. The molecule has 0 saturated heterocycles. The molecule has 0 fully saturated rings. The Hall–Kier alpha value is -0.610. The number of hydrogen-bond acceptors (Lipinski definition) is 4. The first-order valence-corrected chi connectivity index (χ1v) is 3.66. The lowest BCUT2D eigenvalue weighted by atomic mass is 10.6. The number of esters is 1. The molecule has 0 aromatic carbocycles. The van der Waals surface area contributed by atoms with Crippen molar-refractivity contribution in [1.82, 2.24) is 5.32 Å². The summed E-state index contributed by atoms with van der Waals surface area (Å²) in [7, 11) is 1.34. The minimum Gasteiger partial charge on any atom is -0.467 e. The Bertz CT molecular complexity index is 106. The van der Waals surface area contributed by atoms with Crippen molar-refractivity contribution in [2.24, 2.45) is 0 Å². The minimum atomic E-state index is -0.332. The Balaban J connectivity index is 2.95. The van der Waals surface area contributed by atoms with E-state index < -0.39 is 0 Å². The van der Waals surface area contributed by atoms with Crippen molar-refractivity contribution in [1.29, 1.82) is 0 Å². The zero-order valence-corrected chi connectivity index (χ0v) is 7.05. The average molecular weight is 161 g/mol. The highest BCUT2D eigenvalue weighted by Crippen LogP contribution is 1.76. The third-order valence-electron chi connectivity index (χ3n) is 1.12. The topological polar surface area (TPSA) is 47.6 Å². The standard InChI is InChI=1S/C7H15NO3/c1-3-8-4-5-11-6-7(9)10-2/h8H,3-6H2,1-2H3. The third kappa shape index (κ3) is 7.29. The normalized spacial score (nSPS) is 9.64. The number of nitrogens with one attached hydrogen (secondary N) is 1. The fraction of sp³-hybridized carbons (Fsp3) is 0.857. The first kappa shape index (κ1) is 10.4. The SMILES string of the molecule is CCNCCOCC(=O)OC. The van der Waals surface area contributed by atoms with Gasteiger partial charge in [-0.3, -0.25) is 0 Å². The Morgan fingerprint density at radius 1 is 1.55 bits per heavy atom. The monoisotopic (exact) mass is 161 g/mol. The van der Waals surface area contributed by atoms with Crippen molar-refractivity contribution < 1.29 is 14.3 Å². The number of likely N-dealkylation sites (N-methyl/N-ethyl adjacent to an activating group) is 1. The van der Waals surface area contributed by atoms with Gasteiger partial charge >= 0.3 is 5.97 Å². The van der Waals surface area contributed by atoms with Gasteiger partial charge in [0.1, 0.15) is 6.61 Å². The molecule has 0 aliphatic carbocycles. The van der Waals surface area contributed by atoms with E-state index in [9.17, 15) is 4.79 Å². The summed E-state index contributed by atoms with van der Waals surface area (Å²) in [5, 5.41) is 3.06. The summed E-state index contributed by atoms with van der Waals surface area (Å²) in [5.41, 5.74) is 0. The molecule has 0 heterocycles. The van der Waals surface area contributed by atoms with Crippen LogP contribution in [0.4, 0.5) is 0 Å². The van der Waals surface area contributed by atoms with E-state index in [1.165, 1.54) is 7.11 Å². The van der Waals surface area contributed by atoms with Crippen molar-refractivity contribution >= 4 is 5.97 Å². The van der Waals surface area contributed by atoms with E-state index in [1.54, 1.807) is 0 Å². The number of ether oxygens (including phenoxy) is 2. The van der Waals surface area contributed by atoms with Crippen LogP contribution >= 0.6 is 0 Å². The van der Waals surface area contributed by atoms with E-state index in [-0.39, 0.29) is 12.6 Å². The summed E-state index contributed by atoms with van der Waals surface area (Å²) in [6.45, 7) is 4.29. The minimum absolute atomic E-state index is 0.0435. The lowest BCUT2D eigenvalue weighted by Gasteiger charge is -2.02. The first-order valence-electron chi connectivity index (χ1n) is 3.66. The maximum atomic E-state index is 10.5. The largest absolute Gasteiger partial charge is 0.467 e. The highest BCUT2D eigenvalue weighted by molar-refractivity contribution is 5.70. The number of methoxy groups -OCH3 is 1. The quantitative estimate of drug-likeness (QED) is 0.432. The zero-order valence-electron chi connectivity index (χ0n) is 7.05. The van der Waals surface area contributed by atoms with Gasteiger partial charge in [-0.2, -0.15) is 0 Å². The van der Waals surface area contributed by atoms with Crippen LogP contribution in [0.1, 0.15) is 6.92 Å². The zero-order chi connectivity index (χ0) is 8.53. The van der Waals surface area contributed by atoms with Gasteiger partial charge in [0.25, 0.3) is 0 Å². The van der Waals surface area contributed by atoms with Crippen LogP contribution in [0.2, 0.25) is 0 Å². The van der Waals surface area contributed by atoms with Crippen molar-refractivity contribution in [3.05, 3.63) is 0 Å². The van der Waals surface area contributed by atoms with Crippen LogP contribution in [0.15, 0.2) is 0 Å². The second-order valence-corrected chi connectivity index (χ2v) is 1.98. The predicted octanol–water partition coefficient (Wildman–Crippen LogP) is -0.215. The second kappa shape index (κ2) is 7.50. The summed E-state index contributed by atoms with van der Waals surface area (Å²) in [4.78, 5) is 10.5. The van der Waals surface area contributed by atoms with Gasteiger partial charge in [0.15, 0.2) is 0 Å². The summed E-state index contributed by atoms with van der Waals surface area (Å²) >= 11 is 0. The molecule has 0 rings (SSSR count). The highest BCUT2D eigenvalue weighted by Gasteiger charge is 1.97. The van der Waals surface area contributed by atoms with Crippen LogP contribution < -0.4 is 5.32 Å². The van der Waals surface area contributed by atoms with Gasteiger partial charge in [-0.15, -0.1) is 0 Å². The van der Waals surface area contributed by atoms with Gasteiger partial charge in [-0.1, -0.05) is 6.92 Å². The lowest BCUT2D eigenvalue weighted by molar-refractivity contribution is -0.145. The van der Waals surface area contributed by atoms with E-state index in [1.807, 2.05) is 6.92 Å². The maximum Gasteiger partial charge on any atom is 0.331 e. The summed E-state index contributed by atoms with van der Waals surface area (Å²) < 4.78 is 9.32. The highest BCUT2D eigenvalue weighted by atomic mass is 16.6. The third-order valence-corrected chi connectivity index (χ3v) is 1.12. The van der Waals surface area contributed by atoms with Crippen molar-refractivity contribution in [3.63, 3.8) is 0 Å². The fourth-order valence-corrected chi connectivity index (χ4v) is 0.536. The Labute approximate surface area is 66.9 Å². The molecule has 11 heavy (non-hydrogen) atoms. The van der Waals surface area contributed by atoms with Crippen molar-refractivity contribution in [2.75, 3.05) is 33.4 Å². The fourth-order valence-electron chi connectivity index (χ4n) is 0.536. The van der Waals surface area contributed by atoms with Gasteiger partial charge in [-0.25, -0.2) is 4.79 Å². The van der Waals surface area contributed by atoms with Crippen LogP contribution in [0.5, 0.6) is 0 Å². The number of carbonyl (C=O) groups is 1. The Kier molecular flexibility index (Phi) is 7.08. The maximum absolute atomic E-state index is 10.5. The molecule has 4 heteroatoms. The Morgan fingerprint density at radius 3 is 2.82 bits per heavy atom. The van der Waals surface area contributed by atoms with Crippen LogP contribution in [-0.2, 0) is 14.3 Å². The molecule has 0 unspecified atom stereocenters. The number of rotatable bonds is 6. The molecule has 0 bridgehead atoms. The van der Waals surface area contributed by atoms with Crippen molar-refractivity contribution in [3.8, 4) is 0 Å². The summed E-state index contributed by atoms with van der Waals surface area (Å²) in [6, 6.07) is 0. The van der Waals surface area contributed by atoms with Crippen molar-refractivity contribution in [2.45, 2.75) is 6.92 Å². The molecule has 0 atom stereocenters.